The predicted octanol–water partition coefficient (Wildman–Crippen LogP) is 3.87. The van der Waals surface area contributed by atoms with E-state index < -0.39 is 0 Å². The highest BCUT2D eigenvalue weighted by molar-refractivity contribution is 9.10. The maximum atomic E-state index is 4.05. The molecule has 3 heteroatoms. The van der Waals surface area contributed by atoms with E-state index in [1.54, 1.807) is 0 Å². The zero-order valence-electron chi connectivity index (χ0n) is 10.5. The molecule has 2 aromatic rings. The molecule has 0 atom stereocenters. The Kier molecular flexibility index (Phi) is 4.90. The lowest BCUT2D eigenvalue weighted by Crippen LogP contribution is -2.22. The molecule has 1 aromatic heterocycles. The quantitative estimate of drug-likeness (QED) is 0.833. The van der Waals surface area contributed by atoms with Crippen molar-refractivity contribution in [2.45, 2.75) is 20.0 Å². The molecular formula is C15H17BrN2. The Morgan fingerprint density at radius 3 is 2.44 bits per heavy atom. The van der Waals surface area contributed by atoms with Gasteiger partial charge in [0, 0.05) is 30.0 Å². The maximum Gasteiger partial charge on any atom is 0.0271 e. The summed E-state index contributed by atoms with van der Waals surface area (Å²) in [6, 6.07) is 12.5. The van der Waals surface area contributed by atoms with Crippen LogP contribution in [-0.2, 0) is 13.1 Å². The van der Waals surface area contributed by atoms with Gasteiger partial charge in [-0.1, -0.05) is 41.1 Å². The summed E-state index contributed by atoms with van der Waals surface area (Å²) in [5.41, 5.74) is 2.63. The average molecular weight is 305 g/mol. The highest BCUT2D eigenvalue weighted by atomic mass is 79.9. The minimum atomic E-state index is 0.959. The third-order valence-corrected chi connectivity index (χ3v) is 3.73. The molecule has 0 spiro atoms. The SMILES string of the molecule is CCN(Cc1ccncc1)Cc1ccccc1Br. The van der Waals surface area contributed by atoms with Gasteiger partial charge in [-0.15, -0.1) is 0 Å². The number of rotatable bonds is 5. The zero-order chi connectivity index (χ0) is 12.8. The van der Waals surface area contributed by atoms with Crippen LogP contribution in [0.2, 0.25) is 0 Å². The topological polar surface area (TPSA) is 16.1 Å². The molecule has 2 nitrogen and oxygen atoms in total. The average Bonchev–Trinajstić information content (AvgIpc) is 2.41. The van der Waals surface area contributed by atoms with E-state index in [2.05, 4.69) is 63.1 Å². The van der Waals surface area contributed by atoms with Crippen molar-refractivity contribution in [3.05, 3.63) is 64.4 Å². The van der Waals surface area contributed by atoms with Crippen LogP contribution in [0.5, 0.6) is 0 Å². The Morgan fingerprint density at radius 1 is 1.06 bits per heavy atom. The fourth-order valence-corrected chi connectivity index (χ4v) is 2.30. The van der Waals surface area contributed by atoms with Crippen molar-refractivity contribution < 1.29 is 0 Å². The predicted molar refractivity (Wildman–Crippen MR) is 78.2 cm³/mol. The van der Waals surface area contributed by atoms with Crippen LogP contribution < -0.4 is 0 Å². The molecule has 0 saturated heterocycles. The number of hydrogen-bond donors (Lipinski definition) is 0. The molecule has 0 fully saturated rings. The third kappa shape index (κ3) is 3.65. The van der Waals surface area contributed by atoms with Gasteiger partial charge < -0.3 is 0 Å². The van der Waals surface area contributed by atoms with Gasteiger partial charge in [0.25, 0.3) is 0 Å². The first-order chi connectivity index (χ1) is 8.79. The van der Waals surface area contributed by atoms with Crippen LogP contribution in [-0.4, -0.2) is 16.4 Å². The normalized spacial score (nSPS) is 10.8. The Balaban J connectivity index is 2.04. The number of pyridine rings is 1. The minimum absolute atomic E-state index is 0.959. The number of hydrogen-bond acceptors (Lipinski definition) is 2. The molecule has 2 rings (SSSR count). The van der Waals surface area contributed by atoms with Crippen LogP contribution in [0.25, 0.3) is 0 Å². The van der Waals surface area contributed by atoms with Crippen LogP contribution in [0.3, 0.4) is 0 Å². The molecule has 0 aliphatic rings. The monoisotopic (exact) mass is 304 g/mol. The summed E-state index contributed by atoms with van der Waals surface area (Å²) in [6.45, 7) is 5.14. The Morgan fingerprint density at radius 2 is 1.78 bits per heavy atom. The molecule has 0 N–H and O–H groups in total. The standard InChI is InChI=1S/C15H17BrN2/c1-2-18(11-13-7-9-17-10-8-13)12-14-5-3-4-6-15(14)16/h3-10H,2,11-12H2,1H3. The second kappa shape index (κ2) is 6.66. The molecular weight excluding hydrogens is 288 g/mol. The van der Waals surface area contributed by atoms with E-state index in [1.807, 2.05) is 18.5 Å². The summed E-state index contributed by atoms with van der Waals surface area (Å²) in [4.78, 5) is 6.46. The Bertz CT molecular complexity index is 485. The highest BCUT2D eigenvalue weighted by Crippen LogP contribution is 2.18. The van der Waals surface area contributed by atoms with Crippen molar-refractivity contribution in [2.24, 2.45) is 0 Å². The molecule has 0 saturated carbocycles. The van der Waals surface area contributed by atoms with Gasteiger partial charge in [-0.3, -0.25) is 9.88 Å². The van der Waals surface area contributed by atoms with Crippen molar-refractivity contribution in [1.82, 2.24) is 9.88 Å². The van der Waals surface area contributed by atoms with Crippen LogP contribution in [0.4, 0.5) is 0 Å². The zero-order valence-corrected chi connectivity index (χ0v) is 12.1. The van der Waals surface area contributed by atoms with E-state index in [1.165, 1.54) is 15.6 Å². The van der Waals surface area contributed by atoms with Gasteiger partial charge >= 0.3 is 0 Å². The number of nitrogens with zero attached hydrogens (tertiary/aromatic N) is 2. The van der Waals surface area contributed by atoms with E-state index >= 15 is 0 Å². The molecule has 0 radical (unpaired) electrons. The molecule has 0 unspecified atom stereocenters. The summed E-state index contributed by atoms with van der Waals surface area (Å²) in [7, 11) is 0. The number of benzene rings is 1. The second-order valence-electron chi connectivity index (χ2n) is 4.25. The molecule has 0 bridgehead atoms. The molecule has 1 heterocycles. The van der Waals surface area contributed by atoms with Gasteiger partial charge in [-0.2, -0.15) is 0 Å². The summed E-state index contributed by atoms with van der Waals surface area (Å²) in [5.74, 6) is 0. The third-order valence-electron chi connectivity index (χ3n) is 2.95. The lowest BCUT2D eigenvalue weighted by molar-refractivity contribution is 0.271. The van der Waals surface area contributed by atoms with Gasteiger partial charge in [0.2, 0.25) is 0 Å². The fourth-order valence-electron chi connectivity index (χ4n) is 1.89. The summed E-state index contributed by atoms with van der Waals surface area (Å²) >= 11 is 3.60. The lowest BCUT2D eigenvalue weighted by Gasteiger charge is -2.21. The molecule has 1 aromatic carbocycles. The van der Waals surface area contributed by atoms with Crippen LogP contribution in [0.1, 0.15) is 18.1 Å². The van der Waals surface area contributed by atoms with E-state index in [9.17, 15) is 0 Å². The smallest absolute Gasteiger partial charge is 0.0271 e. The van der Waals surface area contributed by atoms with Gasteiger partial charge in [-0.05, 0) is 35.9 Å². The number of aromatic nitrogens is 1. The molecule has 0 aliphatic heterocycles. The fraction of sp³-hybridized carbons (Fsp3) is 0.267. The van der Waals surface area contributed by atoms with Gasteiger partial charge in [0.15, 0.2) is 0 Å². The Hall–Kier alpha value is -1.19. The van der Waals surface area contributed by atoms with Gasteiger partial charge in [-0.25, -0.2) is 0 Å². The first-order valence-electron chi connectivity index (χ1n) is 6.14. The maximum absolute atomic E-state index is 4.05. The van der Waals surface area contributed by atoms with E-state index in [0.717, 1.165) is 19.6 Å². The Labute approximate surface area is 117 Å². The van der Waals surface area contributed by atoms with Crippen molar-refractivity contribution >= 4 is 15.9 Å². The van der Waals surface area contributed by atoms with Crippen LogP contribution in [0, 0.1) is 0 Å². The van der Waals surface area contributed by atoms with E-state index in [4.69, 9.17) is 0 Å². The van der Waals surface area contributed by atoms with E-state index in [-0.39, 0.29) is 0 Å². The number of halogens is 1. The lowest BCUT2D eigenvalue weighted by atomic mass is 10.2. The molecule has 0 amide bonds. The molecule has 18 heavy (non-hydrogen) atoms. The first kappa shape index (κ1) is 13.2. The van der Waals surface area contributed by atoms with Gasteiger partial charge in [0.1, 0.15) is 0 Å². The highest BCUT2D eigenvalue weighted by Gasteiger charge is 2.06. The summed E-state index contributed by atoms with van der Waals surface area (Å²) in [5, 5.41) is 0. The van der Waals surface area contributed by atoms with Crippen LogP contribution in [0.15, 0.2) is 53.3 Å². The van der Waals surface area contributed by atoms with Crippen LogP contribution >= 0.6 is 15.9 Å². The molecule has 0 aliphatic carbocycles. The minimum Gasteiger partial charge on any atom is -0.295 e. The van der Waals surface area contributed by atoms with Crippen molar-refractivity contribution in [1.29, 1.82) is 0 Å². The van der Waals surface area contributed by atoms with Crippen molar-refractivity contribution in [3.63, 3.8) is 0 Å². The largest absolute Gasteiger partial charge is 0.295 e. The first-order valence-corrected chi connectivity index (χ1v) is 6.93. The van der Waals surface area contributed by atoms with Crippen molar-refractivity contribution in [3.8, 4) is 0 Å². The molecule has 94 valence electrons. The van der Waals surface area contributed by atoms with Gasteiger partial charge in [0.05, 0.1) is 0 Å². The summed E-state index contributed by atoms with van der Waals surface area (Å²) in [6.07, 6.45) is 3.70. The summed E-state index contributed by atoms with van der Waals surface area (Å²) < 4.78 is 1.18. The second-order valence-corrected chi connectivity index (χ2v) is 5.10. The van der Waals surface area contributed by atoms with E-state index in [0.29, 0.717) is 0 Å². The van der Waals surface area contributed by atoms with Crippen molar-refractivity contribution in [2.75, 3.05) is 6.54 Å².